The number of sulfonamides is 1. The van der Waals surface area contributed by atoms with Crippen LogP contribution in [0.1, 0.15) is 48.9 Å². The second-order valence-corrected chi connectivity index (χ2v) is 10.3. The lowest BCUT2D eigenvalue weighted by Crippen LogP contribution is -2.46. The summed E-state index contributed by atoms with van der Waals surface area (Å²) in [6, 6.07) is 17.9. The van der Waals surface area contributed by atoms with E-state index in [0.717, 1.165) is 30.4 Å². The van der Waals surface area contributed by atoms with E-state index >= 15 is 0 Å². The van der Waals surface area contributed by atoms with Crippen LogP contribution in [-0.2, 0) is 21.2 Å². The molecule has 0 aliphatic carbocycles. The Morgan fingerprint density at radius 2 is 1.83 bits per heavy atom. The molecule has 0 radical (unpaired) electrons. The van der Waals surface area contributed by atoms with Crippen molar-refractivity contribution in [2.45, 2.75) is 45.6 Å². The van der Waals surface area contributed by atoms with Crippen LogP contribution in [0.15, 0.2) is 54.6 Å². The minimum Gasteiger partial charge on any atom is -0.349 e. The zero-order valence-corrected chi connectivity index (χ0v) is 18.7. The first kappa shape index (κ1) is 22.5. The third-order valence-corrected chi connectivity index (χ3v) is 7.72. The number of benzene rings is 2. The Hall–Kier alpha value is -2.18. The van der Waals surface area contributed by atoms with Crippen LogP contribution in [0.3, 0.4) is 0 Å². The third kappa shape index (κ3) is 6.16. The Morgan fingerprint density at radius 1 is 1.13 bits per heavy atom. The van der Waals surface area contributed by atoms with Gasteiger partial charge in [-0.2, -0.15) is 0 Å². The van der Waals surface area contributed by atoms with Crippen LogP contribution in [0, 0.1) is 12.8 Å². The van der Waals surface area contributed by atoms with E-state index in [4.69, 9.17) is 0 Å². The number of nitrogens with one attached hydrogen (secondary N) is 1. The molecule has 162 valence electrons. The van der Waals surface area contributed by atoms with Crippen molar-refractivity contribution in [1.29, 1.82) is 0 Å². The maximum atomic E-state index is 12.8. The summed E-state index contributed by atoms with van der Waals surface area (Å²) in [4.78, 5) is 12.8. The van der Waals surface area contributed by atoms with E-state index in [2.05, 4.69) is 5.32 Å². The molecule has 0 aromatic heterocycles. The molecule has 2 aromatic carbocycles. The summed E-state index contributed by atoms with van der Waals surface area (Å²) in [7, 11) is -3.35. The van der Waals surface area contributed by atoms with Gasteiger partial charge in [0.1, 0.15) is 0 Å². The average molecular weight is 429 g/mol. The van der Waals surface area contributed by atoms with Gasteiger partial charge >= 0.3 is 0 Å². The van der Waals surface area contributed by atoms with Crippen LogP contribution >= 0.6 is 0 Å². The number of rotatable bonds is 8. The molecular weight excluding hydrogens is 396 g/mol. The van der Waals surface area contributed by atoms with Gasteiger partial charge in [-0.05, 0) is 50.7 Å². The molecule has 30 heavy (non-hydrogen) atoms. The van der Waals surface area contributed by atoms with Crippen LogP contribution in [-0.4, -0.2) is 37.5 Å². The van der Waals surface area contributed by atoms with E-state index in [1.54, 1.807) is 0 Å². The Bertz CT molecular complexity index is 927. The number of aryl methyl sites for hydroxylation is 2. The van der Waals surface area contributed by atoms with Crippen LogP contribution in [0.5, 0.6) is 0 Å². The van der Waals surface area contributed by atoms with Crippen molar-refractivity contribution < 1.29 is 13.2 Å². The molecule has 1 N–H and O–H groups in total. The molecule has 6 heteroatoms. The highest BCUT2D eigenvalue weighted by molar-refractivity contribution is 7.89. The first-order chi connectivity index (χ1) is 14.3. The van der Waals surface area contributed by atoms with Crippen molar-refractivity contribution in [3.05, 3.63) is 71.3 Å². The molecule has 1 aliphatic heterocycles. The lowest BCUT2D eigenvalue weighted by molar-refractivity contribution is -0.126. The zero-order chi connectivity index (χ0) is 21.6. The van der Waals surface area contributed by atoms with Crippen LogP contribution in [0.25, 0.3) is 0 Å². The van der Waals surface area contributed by atoms with Crippen molar-refractivity contribution in [3.63, 3.8) is 0 Å². The molecule has 3 rings (SSSR count). The minimum absolute atomic E-state index is 0.0627. The molecule has 1 aliphatic rings. The summed E-state index contributed by atoms with van der Waals surface area (Å²) in [6.07, 6.45) is 2.77. The summed E-state index contributed by atoms with van der Waals surface area (Å²) in [5, 5.41) is 3.06. The quantitative estimate of drug-likeness (QED) is 0.695. The molecular formula is C24H32N2O3S. The van der Waals surface area contributed by atoms with Gasteiger partial charge < -0.3 is 5.32 Å². The number of carbonyl (C=O) groups is 1. The van der Waals surface area contributed by atoms with Crippen LogP contribution < -0.4 is 5.32 Å². The van der Waals surface area contributed by atoms with Crippen molar-refractivity contribution in [2.24, 2.45) is 5.92 Å². The minimum atomic E-state index is -3.35. The summed E-state index contributed by atoms with van der Waals surface area (Å²) < 4.78 is 27.1. The fourth-order valence-corrected chi connectivity index (χ4v) is 5.49. The maximum Gasteiger partial charge on any atom is 0.224 e. The van der Waals surface area contributed by atoms with Crippen molar-refractivity contribution in [3.8, 4) is 0 Å². The SMILES string of the molecule is Cc1ccc([C@H](C)NC(=O)[C@@H]2CCCN(S(=O)(=O)CCCc3ccccc3)C2)cc1. The topological polar surface area (TPSA) is 66.5 Å². The second kappa shape index (κ2) is 10.2. The van der Waals surface area contributed by atoms with Gasteiger partial charge in [-0.15, -0.1) is 0 Å². The zero-order valence-electron chi connectivity index (χ0n) is 17.9. The van der Waals surface area contributed by atoms with Gasteiger partial charge in [0.05, 0.1) is 17.7 Å². The number of amides is 1. The van der Waals surface area contributed by atoms with Gasteiger partial charge in [-0.3, -0.25) is 4.79 Å². The number of nitrogens with zero attached hydrogens (tertiary/aromatic N) is 1. The summed E-state index contributed by atoms with van der Waals surface area (Å²) >= 11 is 0. The highest BCUT2D eigenvalue weighted by atomic mass is 32.2. The first-order valence-electron chi connectivity index (χ1n) is 10.7. The number of carbonyl (C=O) groups excluding carboxylic acids is 1. The number of piperidine rings is 1. The summed E-state index contributed by atoms with van der Waals surface area (Å²) in [5.41, 5.74) is 3.38. The molecule has 1 heterocycles. The Morgan fingerprint density at radius 3 is 2.53 bits per heavy atom. The Labute approximate surface area is 180 Å². The molecule has 0 spiro atoms. The predicted octanol–water partition coefficient (Wildman–Crippen LogP) is 3.85. The van der Waals surface area contributed by atoms with Gasteiger partial charge in [0.15, 0.2) is 0 Å². The predicted molar refractivity (Wildman–Crippen MR) is 121 cm³/mol. The second-order valence-electron chi connectivity index (χ2n) is 8.24. The third-order valence-electron chi connectivity index (χ3n) is 5.79. The van der Waals surface area contributed by atoms with E-state index in [1.165, 1.54) is 9.87 Å². The normalized spacial score (nSPS) is 18.7. The monoisotopic (exact) mass is 428 g/mol. The van der Waals surface area contributed by atoms with Gasteiger partial charge in [0.2, 0.25) is 15.9 Å². The highest BCUT2D eigenvalue weighted by Gasteiger charge is 2.32. The fraction of sp³-hybridized carbons (Fsp3) is 0.458. The van der Waals surface area contributed by atoms with E-state index in [1.807, 2.05) is 68.4 Å². The van der Waals surface area contributed by atoms with Gasteiger partial charge in [-0.25, -0.2) is 12.7 Å². The molecule has 1 fully saturated rings. The average Bonchev–Trinajstić information content (AvgIpc) is 2.75. The van der Waals surface area contributed by atoms with Crippen molar-refractivity contribution in [1.82, 2.24) is 9.62 Å². The van der Waals surface area contributed by atoms with Crippen LogP contribution in [0.2, 0.25) is 0 Å². The van der Waals surface area contributed by atoms with E-state index in [9.17, 15) is 13.2 Å². The molecule has 1 amide bonds. The first-order valence-corrected chi connectivity index (χ1v) is 12.3. The molecule has 0 unspecified atom stereocenters. The van der Waals surface area contributed by atoms with Gasteiger partial charge in [0.25, 0.3) is 0 Å². The van der Waals surface area contributed by atoms with E-state index < -0.39 is 10.0 Å². The molecule has 1 saturated heterocycles. The van der Waals surface area contributed by atoms with E-state index in [0.29, 0.717) is 13.0 Å². The highest BCUT2D eigenvalue weighted by Crippen LogP contribution is 2.22. The van der Waals surface area contributed by atoms with Crippen molar-refractivity contribution >= 4 is 15.9 Å². The van der Waals surface area contributed by atoms with Crippen LogP contribution in [0.4, 0.5) is 0 Å². The fourth-order valence-electron chi connectivity index (χ4n) is 3.91. The maximum absolute atomic E-state index is 12.8. The van der Waals surface area contributed by atoms with Gasteiger partial charge in [-0.1, -0.05) is 60.2 Å². The van der Waals surface area contributed by atoms with E-state index in [-0.39, 0.29) is 30.2 Å². The smallest absolute Gasteiger partial charge is 0.224 e. The van der Waals surface area contributed by atoms with Gasteiger partial charge in [0, 0.05) is 13.1 Å². The molecule has 2 aromatic rings. The standard InChI is InChI=1S/C24H32N2O3S/c1-19-12-14-22(15-13-19)20(2)25-24(27)23-11-6-16-26(18-23)30(28,29)17-7-10-21-8-4-3-5-9-21/h3-5,8-9,12-15,20,23H,6-7,10-11,16-18H2,1-2H3,(H,25,27)/t20-,23+/m0/s1. The molecule has 0 bridgehead atoms. The number of hydrogen-bond donors (Lipinski definition) is 1. The lowest BCUT2D eigenvalue weighted by atomic mass is 9.97. The summed E-state index contributed by atoms with van der Waals surface area (Å²) in [6.45, 7) is 4.78. The number of hydrogen-bond acceptors (Lipinski definition) is 3. The largest absolute Gasteiger partial charge is 0.349 e. The Kier molecular flexibility index (Phi) is 7.67. The van der Waals surface area contributed by atoms with Crippen molar-refractivity contribution in [2.75, 3.05) is 18.8 Å². The Balaban J connectivity index is 1.53. The lowest BCUT2D eigenvalue weighted by Gasteiger charge is -2.32. The molecule has 0 saturated carbocycles. The molecule has 5 nitrogen and oxygen atoms in total. The summed E-state index contributed by atoms with van der Waals surface area (Å²) in [5.74, 6) is -0.237. The molecule has 2 atom stereocenters.